The number of anilines is 1. The minimum Gasteiger partial charge on any atom is -0.478 e. The number of hydrogen-bond acceptors (Lipinski definition) is 4. The molecular formula is C13H9ClN2O3. The molecule has 0 atom stereocenters. The lowest BCUT2D eigenvalue weighted by molar-refractivity contribution is 0.0694. The summed E-state index contributed by atoms with van der Waals surface area (Å²) in [6.07, 6.45) is 1.33. The van der Waals surface area contributed by atoms with Crippen molar-refractivity contribution in [3.05, 3.63) is 52.4 Å². The number of rotatable bonds is 4. The SMILES string of the molecule is N#Cc1ccc(NCc2occc2C(=O)O)cc1Cl. The van der Waals surface area contributed by atoms with Gasteiger partial charge in [0.15, 0.2) is 0 Å². The van der Waals surface area contributed by atoms with Crippen LogP contribution in [0.1, 0.15) is 21.7 Å². The van der Waals surface area contributed by atoms with Gasteiger partial charge in [0, 0.05) is 5.69 Å². The summed E-state index contributed by atoms with van der Waals surface area (Å²) in [6, 6.07) is 8.23. The first kappa shape index (κ1) is 13.0. The predicted molar refractivity (Wildman–Crippen MR) is 69.2 cm³/mol. The van der Waals surface area contributed by atoms with E-state index in [0.717, 1.165) is 0 Å². The third-order valence-electron chi connectivity index (χ3n) is 2.52. The van der Waals surface area contributed by atoms with Gasteiger partial charge in [-0.3, -0.25) is 0 Å². The third-order valence-corrected chi connectivity index (χ3v) is 2.83. The minimum absolute atomic E-state index is 0.118. The van der Waals surface area contributed by atoms with Crippen LogP contribution in [0.25, 0.3) is 0 Å². The number of nitrogens with one attached hydrogen (secondary N) is 1. The van der Waals surface area contributed by atoms with Crippen molar-refractivity contribution >= 4 is 23.3 Å². The van der Waals surface area contributed by atoms with Gasteiger partial charge in [0.05, 0.1) is 23.4 Å². The van der Waals surface area contributed by atoms with E-state index in [2.05, 4.69) is 5.32 Å². The molecule has 0 aliphatic rings. The molecule has 19 heavy (non-hydrogen) atoms. The zero-order valence-electron chi connectivity index (χ0n) is 9.68. The number of carbonyl (C=O) groups is 1. The molecule has 0 fully saturated rings. The maximum atomic E-state index is 10.9. The van der Waals surface area contributed by atoms with E-state index in [9.17, 15) is 4.79 Å². The molecule has 2 aromatic rings. The molecule has 0 saturated carbocycles. The lowest BCUT2D eigenvalue weighted by atomic mass is 10.2. The molecule has 1 aromatic carbocycles. The molecule has 1 aromatic heterocycles. The molecule has 0 radical (unpaired) electrons. The molecule has 0 unspecified atom stereocenters. The molecule has 0 aliphatic carbocycles. The van der Waals surface area contributed by atoms with Crippen LogP contribution in [0.15, 0.2) is 34.9 Å². The molecule has 2 N–H and O–H groups in total. The molecule has 2 rings (SSSR count). The van der Waals surface area contributed by atoms with Crippen LogP contribution >= 0.6 is 11.6 Å². The van der Waals surface area contributed by atoms with Gasteiger partial charge in [0.1, 0.15) is 17.4 Å². The topological polar surface area (TPSA) is 86.3 Å². The Labute approximate surface area is 114 Å². The number of hydrogen-bond donors (Lipinski definition) is 2. The number of nitriles is 1. The Bertz CT molecular complexity index is 658. The van der Waals surface area contributed by atoms with Crippen LogP contribution in [-0.4, -0.2) is 11.1 Å². The van der Waals surface area contributed by atoms with Gasteiger partial charge in [-0.1, -0.05) is 11.6 Å². The highest BCUT2D eigenvalue weighted by Crippen LogP contribution is 2.21. The van der Waals surface area contributed by atoms with Crippen LogP contribution in [-0.2, 0) is 6.54 Å². The average molecular weight is 277 g/mol. The molecule has 0 saturated heterocycles. The number of benzene rings is 1. The maximum absolute atomic E-state index is 10.9. The summed E-state index contributed by atoms with van der Waals surface area (Å²) in [5.74, 6) is -0.712. The van der Waals surface area contributed by atoms with Crippen molar-refractivity contribution in [1.82, 2.24) is 0 Å². The van der Waals surface area contributed by atoms with Gasteiger partial charge in [-0.2, -0.15) is 5.26 Å². The number of halogens is 1. The molecule has 1 heterocycles. The molecule has 0 amide bonds. The predicted octanol–water partition coefficient (Wildman–Crippen LogP) is 3.11. The van der Waals surface area contributed by atoms with Crippen molar-refractivity contribution in [3.63, 3.8) is 0 Å². The fraction of sp³-hybridized carbons (Fsp3) is 0.0769. The largest absolute Gasteiger partial charge is 0.478 e. The summed E-state index contributed by atoms with van der Waals surface area (Å²) in [7, 11) is 0. The molecule has 0 spiro atoms. The fourth-order valence-corrected chi connectivity index (χ4v) is 1.79. The molecule has 0 bridgehead atoms. The van der Waals surface area contributed by atoms with Crippen LogP contribution < -0.4 is 5.32 Å². The van der Waals surface area contributed by atoms with E-state index in [1.54, 1.807) is 18.2 Å². The Morgan fingerprint density at radius 1 is 1.47 bits per heavy atom. The quantitative estimate of drug-likeness (QED) is 0.896. The van der Waals surface area contributed by atoms with Gasteiger partial charge in [0.2, 0.25) is 0 Å². The second-order valence-corrected chi connectivity index (χ2v) is 4.13. The second kappa shape index (κ2) is 5.46. The van der Waals surface area contributed by atoms with E-state index in [0.29, 0.717) is 22.0 Å². The van der Waals surface area contributed by atoms with Crippen molar-refractivity contribution in [2.45, 2.75) is 6.54 Å². The molecule has 96 valence electrons. The number of nitrogens with zero attached hydrogens (tertiary/aromatic N) is 1. The molecule has 5 nitrogen and oxygen atoms in total. The van der Waals surface area contributed by atoms with Crippen molar-refractivity contribution in [3.8, 4) is 6.07 Å². The molecule has 6 heteroatoms. The number of carboxylic acid groups (broad SMARTS) is 1. The number of carboxylic acids is 1. The standard InChI is InChI=1S/C13H9ClN2O3/c14-11-5-9(2-1-8(11)6-15)16-7-12-10(13(17)18)3-4-19-12/h1-5,16H,7H2,(H,17,18). The normalized spacial score (nSPS) is 9.89. The van der Waals surface area contributed by atoms with Crippen molar-refractivity contribution in [2.75, 3.05) is 5.32 Å². The van der Waals surface area contributed by atoms with E-state index < -0.39 is 5.97 Å². The maximum Gasteiger partial charge on any atom is 0.339 e. The van der Waals surface area contributed by atoms with Gasteiger partial charge < -0.3 is 14.8 Å². The Balaban J connectivity index is 2.11. The summed E-state index contributed by atoms with van der Waals surface area (Å²) < 4.78 is 5.09. The van der Waals surface area contributed by atoms with E-state index >= 15 is 0 Å². The van der Waals surface area contributed by atoms with Crippen LogP contribution in [0.4, 0.5) is 5.69 Å². The van der Waals surface area contributed by atoms with Crippen molar-refractivity contribution in [2.24, 2.45) is 0 Å². The van der Waals surface area contributed by atoms with Crippen LogP contribution in [0.2, 0.25) is 5.02 Å². The van der Waals surface area contributed by atoms with E-state index in [4.69, 9.17) is 26.4 Å². The monoisotopic (exact) mass is 276 g/mol. The van der Waals surface area contributed by atoms with E-state index in [1.165, 1.54) is 12.3 Å². The summed E-state index contributed by atoms with van der Waals surface area (Å²) >= 11 is 5.89. The second-order valence-electron chi connectivity index (χ2n) is 3.72. The highest BCUT2D eigenvalue weighted by atomic mass is 35.5. The van der Waals surface area contributed by atoms with Gasteiger partial charge >= 0.3 is 5.97 Å². The van der Waals surface area contributed by atoms with Gasteiger partial charge in [0.25, 0.3) is 0 Å². The zero-order valence-corrected chi connectivity index (χ0v) is 10.4. The minimum atomic E-state index is -1.04. The molecular weight excluding hydrogens is 268 g/mol. The van der Waals surface area contributed by atoms with Crippen molar-refractivity contribution in [1.29, 1.82) is 5.26 Å². The first-order valence-electron chi connectivity index (χ1n) is 5.35. The smallest absolute Gasteiger partial charge is 0.339 e. The first-order valence-corrected chi connectivity index (χ1v) is 5.73. The van der Waals surface area contributed by atoms with E-state index in [1.807, 2.05) is 6.07 Å². The zero-order chi connectivity index (χ0) is 13.8. The van der Waals surface area contributed by atoms with Crippen LogP contribution in [0, 0.1) is 11.3 Å². The van der Waals surface area contributed by atoms with E-state index in [-0.39, 0.29) is 12.1 Å². The Morgan fingerprint density at radius 2 is 2.26 bits per heavy atom. The highest BCUT2D eigenvalue weighted by molar-refractivity contribution is 6.32. The summed E-state index contributed by atoms with van der Waals surface area (Å²) in [6.45, 7) is 0.219. The Morgan fingerprint density at radius 3 is 2.89 bits per heavy atom. The van der Waals surface area contributed by atoms with Gasteiger partial charge in [-0.25, -0.2) is 4.79 Å². The van der Waals surface area contributed by atoms with Crippen molar-refractivity contribution < 1.29 is 14.3 Å². The number of aromatic carboxylic acids is 1. The lowest BCUT2D eigenvalue weighted by Gasteiger charge is -2.06. The Hall–Kier alpha value is -2.45. The summed E-state index contributed by atoms with van der Waals surface area (Å²) in [5.41, 5.74) is 1.18. The van der Waals surface area contributed by atoms with Crippen LogP contribution in [0.3, 0.4) is 0 Å². The van der Waals surface area contributed by atoms with Gasteiger partial charge in [-0.05, 0) is 24.3 Å². The summed E-state index contributed by atoms with van der Waals surface area (Å²) in [4.78, 5) is 10.9. The summed E-state index contributed by atoms with van der Waals surface area (Å²) in [5, 5.41) is 21.0. The highest BCUT2D eigenvalue weighted by Gasteiger charge is 2.12. The van der Waals surface area contributed by atoms with Crippen LogP contribution in [0.5, 0.6) is 0 Å². The molecule has 0 aliphatic heterocycles. The third kappa shape index (κ3) is 2.87. The number of furan rings is 1. The Kier molecular flexibility index (Phi) is 3.74. The lowest BCUT2D eigenvalue weighted by Crippen LogP contribution is -2.04. The van der Waals surface area contributed by atoms with Gasteiger partial charge in [-0.15, -0.1) is 0 Å². The first-order chi connectivity index (χ1) is 9.11. The average Bonchev–Trinajstić information content (AvgIpc) is 2.85. The fourth-order valence-electron chi connectivity index (χ4n) is 1.57.